The fourth-order valence-corrected chi connectivity index (χ4v) is 4.01. The van der Waals surface area contributed by atoms with Gasteiger partial charge in [0.05, 0.1) is 5.56 Å². The average Bonchev–Trinajstić information content (AvgIpc) is 3.16. The zero-order chi connectivity index (χ0) is 17.4. The smallest absolute Gasteiger partial charge is 0.255 e. The minimum absolute atomic E-state index is 0.120. The zero-order valence-electron chi connectivity index (χ0n) is 15.1. The summed E-state index contributed by atoms with van der Waals surface area (Å²) in [6.45, 7) is 6.69. The van der Waals surface area contributed by atoms with Crippen LogP contribution in [0, 0.1) is 19.8 Å². The van der Waals surface area contributed by atoms with Crippen LogP contribution in [0.3, 0.4) is 0 Å². The standard InChI is InChI=1S/C20H26N4O/c1-14-11-22-19(17-5-3-6-17)24(14)13-16-8-10-23(12-16)20(25)18-7-4-9-21-15(18)2/h4,7,9,11,16-17H,3,5-6,8,10,12-13H2,1-2H3. The molecule has 2 fully saturated rings. The summed E-state index contributed by atoms with van der Waals surface area (Å²) in [5.74, 6) is 2.53. The van der Waals surface area contributed by atoms with Gasteiger partial charge in [-0.25, -0.2) is 4.98 Å². The van der Waals surface area contributed by atoms with Gasteiger partial charge in [0.25, 0.3) is 5.91 Å². The van der Waals surface area contributed by atoms with E-state index in [1.807, 2.05) is 30.2 Å². The van der Waals surface area contributed by atoms with Gasteiger partial charge in [0, 0.05) is 49.3 Å². The molecule has 132 valence electrons. The minimum atomic E-state index is 0.120. The number of pyridine rings is 1. The Hall–Kier alpha value is -2.17. The highest BCUT2D eigenvalue weighted by Gasteiger charge is 2.30. The molecule has 1 amide bonds. The number of likely N-dealkylation sites (tertiary alicyclic amines) is 1. The Morgan fingerprint density at radius 3 is 2.80 bits per heavy atom. The number of amides is 1. The lowest BCUT2D eigenvalue weighted by Crippen LogP contribution is -2.30. The number of aromatic nitrogens is 3. The molecular formula is C20H26N4O. The molecule has 0 bridgehead atoms. The maximum Gasteiger partial charge on any atom is 0.255 e. The van der Waals surface area contributed by atoms with E-state index in [0.29, 0.717) is 11.8 Å². The van der Waals surface area contributed by atoms with Crippen molar-refractivity contribution in [2.24, 2.45) is 5.92 Å². The molecule has 0 spiro atoms. The third-order valence-corrected chi connectivity index (χ3v) is 5.81. The number of nitrogens with zero attached hydrogens (tertiary/aromatic N) is 4. The molecule has 1 unspecified atom stereocenters. The van der Waals surface area contributed by atoms with Crippen LogP contribution >= 0.6 is 0 Å². The fourth-order valence-electron chi connectivity index (χ4n) is 4.01. The summed E-state index contributed by atoms with van der Waals surface area (Å²) in [5, 5.41) is 0. The molecule has 2 aromatic rings. The summed E-state index contributed by atoms with van der Waals surface area (Å²) < 4.78 is 2.40. The average molecular weight is 338 g/mol. The molecule has 0 N–H and O–H groups in total. The van der Waals surface area contributed by atoms with Crippen molar-refractivity contribution in [3.63, 3.8) is 0 Å². The van der Waals surface area contributed by atoms with Crippen LogP contribution in [0.2, 0.25) is 0 Å². The molecule has 5 nitrogen and oxygen atoms in total. The summed E-state index contributed by atoms with van der Waals surface area (Å²) in [7, 11) is 0. The van der Waals surface area contributed by atoms with E-state index in [9.17, 15) is 4.79 Å². The molecule has 5 heteroatoms. The van der Waals surface area contributed by atoms with Crippen LogP contribution in [0.25, 0.3) is 0 Å². The van der Waals surface area contributed by atoms with E-state index in [-0.39, 0.29) is 5.91 Å². The van der Waals surface area contributed by atoms with Gasteiger partial charge in [-0.3, -0.25) is 9.78 Å². The lowest BCUT2D eigenvalue weighted by Gasteiger charge is -2.27. The first kappa shape index (κ1) is 16.3. The first-order valence-electron chi connectivity index (χ1n) is 9.36. The molecule has 1 aliphatic heterocycles. The molecule has 2 aromatic heterocycles. The molecular weight excluding hydrogens is 312 g/mol. The second-order valence-electron chi connectivity index (χ2n) is 7.54. The maximum atomic E-state index is 12.8. The van der Waals surface area contributed by atoms with Crippen molar-refractivity contribution in [3.8, 4) is 0 Å². The van der Waals surface area contributed by atoms with E-state index < -0.39 is 0 Å². The van der Waals surface area contributed by atoms with E-state index in [1.165, 1.54) is 30.8 Å². The van der Waals surface area contributed by atoms with E-state index in [2.05, 4.69) is 21.5 Å². The first-order valence-corrected chi connectivity index (χ1v) is 9.36. The molecule has 1 atom stereocenters. The lowest BCUT2D eigenvalue weighted by molar-refractivity contribution is 0.0784. The Balaban J connectivity index is 1.44. The summed E-state index contributed by atoms with van der Waals surface area (Å²) >= 11 is 0. The van der Waals surface area contributed by atoms with Crippen LogP contribution < -0.4 is 0 Å². The van der Waals surface area contributed by atoms with Crippen molar-refractivity contribution in [2.45, 2.75) is 52.0 Å². The second-order valence-corrected chi connectivity index (χ2v) is 7.54. The van der Waals surface area contributed by atoms with Gasteiger partial charge in [0.1, 0.15) is 5.82 Å². The number of hydrogen-bond donors (Lipinski definition) is 0. The quantitative estimate of drug-likeness (QED) is 0.859. The largest absolute Gasteiger partial charge is 0.338 e. The Bertz CT molecular complexity index is 778. The number of hydrogen-bond acceptors (Lipinski definition) is 3. The molecule has 1 saturated carbocycles. The molecule has 1 saturated heterocycles. The van der Waals surface area contributed by atoms with Crippen molar-refractivity contribution in [1.82, 2.24) is 19.4 Å². The minimum Gasteiger partial charge on any atom is -0.338 e. The molecule has 0 radical (unpaired) electrons. The molecule has 0 aromatic carbocycles. The van der Waals surface area contributed by atoms with Gasteiger partial charge in [-0.05, 0) is 51.2 Å². The van der Waals surface area contributed by atoms with E-state index >= 15 is 0 Å². The third kappa shape index (κ3) is 3.08. The van der Waals surface area contributed by atoms with Gasteiger partial charge in [-0.15, -0.1) is 0 Å². The van der Waals surface area contributed by atoms with Crippen molar-refractivity contribution in [2.75, 3.05) is 13.1 Å². The number of imidazole rings is 1. The summed E-state index contributed by atoms with van der Waals surface area (Å²) in [4.78, 5) is 23.7. The molecule has 1 aliphatic carbocycles. The van der Waals surface area contributed by atoms with Crippen LogP contribution in [0.15, 0.2) is 24.5 Å². The Labute approximate surface area is 149 Å². The zero-order valence-corrected chi connectivity index (χ0v) is 15.1. The molecule has 3 heterocycles. The highest BCUT2D eigenvalue weighted by molar-refractivity contribution is 5.95. The monoisotopic (exact) mass is 338 g/mol. The van der Waals surface area contributed by atoms with E-state index in [0.717, 1.165) is 37.3 Å². The summed E-state index contributed by atoms with van der Waals surface area (Å²) in [6, 6.07) is 3.72. The van der Waals surface area contributed by atoms with Crippen LogP contribution in [-0.2, 0) is 6.54 Å². The van der Waals surface area contributed by atoms with Crippen molar-refractivity contribution in [3.05, 3.63) is 47.3 Å². The van der Waals surface area contributed by atoms with Gasteiger partial charge >= 0.3 is 0 Å². The molecule has 2 aliphatic rings. The number of carbonyl (C=O) groups is 1. The lowest BCUT2D eigenvalue weighted by atomic mass is 9.84. The summed E-state index contributed by atoms with van der Waals surface area (Å²) in [5.41, 5.74) is 2.79. The summed E-state index contributed by atoms with van der Waals surface area (Å²) in [6.07, 6.45) is 8.67. The van der Waals surface area contributed by atoms with Gasteiger partial charge in [0.2, 0.25) is 0 Å². The highest BCUT2D eigenvalue weighted by atomic mass is 16.2. The van der Waals surface area contributed by atoms with Gasteiger partial charge < -0.3 is 9.47 Å². The molecule has 25 heavy (non-hydrogen) atoms. The predicted octanol–water partition coefficient (Wildman–Crippen LogP) is 3.32. The van der Waals surface area contributed by atoms with Crippen LogP contribution in [0.4, 0.5) is 0 Å². The predicted molar refractivity (Wildman–Crippen MR) is 96.5 cm³/mol. The third-order valence-electron chi connectivity index (χ3n) is 5.81. The maximum absolute atomic E-state index is 12.8. The van der Waals surface area contributed by atoms with Gasteiger partial charge in [-0.1, -0.05) is 6.42 Å². The van der Waals surface area contributed by atoms with Crippen molar-refractivity contribution >= 4 is 5.91 Å². The van der Waals surface area contributed by atoms with Crippen LogP contribution in [-0.4, -0.2) is 38.4 Å². The first-order chi connectivity index (χ1) is 12.1. The van der Waals surface area contributed by atoms with Crippen molar-refractivity contribution < 1.29 is 4.79 Å². The van der Waals surface area contributed by atoms with Gasteiger partial charge in [-0.2, -0.15) is 0 Å². The molecule has 4 rings (SSSR count). The number of aryl methyl sites for hydroxylation is 2. The second kappa shape index (κ2) is 6.62. The Kier molecular flexibility index (Phi) is 4.32. The topological polar surface area (TPSA) is 51.0 Å². The Morgan fingerprint density at radius 2 is 2.08 bits per heavy atom. The van der Waals surface area contributed by atoms with E-state index in [4.69, 9.17) is 0 Å². The highest BCUT2D eigenvalue weighted by Crippen LogP contribution is 2.36. The Morgan fingerprint density at radius 1 is 1.24 bits per heavy atom. The van der Waals surface area contributed by atoms with Crippen molar-refractivity contribution in [1.29, 1.82) is 0 Å². The number of rotatable bonds is 4. The van der Waals surface area contributed by atoms with Crippen LogP contribution in [0.1, 0.15) is 59.2 Å². The van der Waals surface area contributed by atoms with Gasteiger partial charge in [0.15, 0.2) is 0 Å². The fraction of sp³-hybridized carbons (Fsp3) is 0.550. The SMILES string of the molecule is Cc1ncccc1C(=O)N1CCC(Cn2c(C)cnc2C2CCC2)C1. The number of carbonyl (C=O) groups excluding carboxylic acids is 1. The van der Waals surface area contributed by atoms with E-state index in [1.54, 1.807) is 6.20 Å². The normalized spacial score (nSPS) is 20.7. The van der Waals surface area contributed by atoms with Crippen LogP contribution in [0.5, 0.6) is 0 Å².